The van der Waals surface area contributed by atoms with Crippen LogP contribution in [0.2, 0.25) is 0 Å². The molecule has 11 heavy (non-hydrogen) atoms. The Balaban J connectivity index is 3.86. The van der Waals surface area contributed by atoms with Gasteiger partial charge in [0.05, 0.1) is 6.21 Å². The first kappa shape index (κ1) is 10.7. The molecule has 0 heterocycles. The maximum atomic E-state index is 11.2. The van der Waals surface area contributed by atoms with Crippen molar-refractivity contribution in [1.29, 1.82) is 0 Å². The Labute approximate surface area is 71.7 Å². The highest BCUT2D eigenvalue weighted by atomic mass is 32.2. The summed E-state index contributed by atoms with van der Waals surface area (Å²) < 4.78 is 14.8. The lowest BCUT2D eigenvalue weighted by Crippen LogP contribution is -2.25. The van der Waals surface area contributed by atoms with Gasteiger partial charge >= 0.3 is 0 Å². The van der Waals surface area contributed by atoms with E-state index in [2.05, 4.69) is 11.0 Å². The van der Waals surface area contributed by atoms with Crippen LogP contribution in [0.3, 0.4) is 0 Å². The van der Waals surface area contributed by atoms with E-state index in [0.29, 0.717) is 6.42 Å². The second-order valence-electron chi connectivity index (χ2n) is 3.17. The van der Waals surface area contributed by atoms with Crippen LogP contribution in [0.25, 0.3) is 0 Å². The van der Waals surface area contributed by atoms with Gasteiger partial charge in [-0.25, -0.2) is 0 Å². The van der Waals surface area contributed by atoms with Crippen molar-refractivity contribution in [3.05, 3.63) is 12.7 Å². The lowest BCUT2D eigenvalue weighted by molar-refractivity contribution is 0.561. The summed E-state index contributed by atoms with van der Waals surface area (Å²) in [6, 6.07) is 0. The standard InChI is InChI=1S/C8H15NOS/c1-5-6-7-9-11(10)8(2,3)4/h5,7H,1,6H2,2-4H3. The summed E-state index contributed by atoms with van der Waals surface area (Å²) in [6.07, 6.45) is 4.04. The zero-order valence-electron chi connectivity index (χ0n) is 7.33. The van der Waals surface area contributed by atoms with Crippen LogP contribution < -0.4 is 0 Å². The molecule has 0 aliphatic heterocycles. The molecule has 0 spiro atoms. The molecule has 0 aliphatic carbocycles. The molecule has 0 rings (SSSR count). The van der Waals surface area contributed by atoms with E-state index in [-0.39, 0.29) is 4.75 Å². The van der Waals surface area contributed by atoms with Crippen LogP contribution in [0.5, 0.6) is 0 Å². The van der Waals surface area contributed by atoms with Crippen molar-refractivity contribution in [2.45, 2.75) is 31.9 Å². The second kappa shape index (κ2) is 4.57. The third-order valence-electron chi connectivity index (χ3n) is 0.966. The number of hydrogen-bond acceptors (Lipinski definition) is 2. The topological polar surface area (TPSA) is 35.4 Å². The molecular weight excluding hydrogens is 158 g/mol. The molecule has 2 nitrogen and oxygen atoms in total. The molecule has 0 aromatic rings. The molecule has 0 saturated heterocycles. The second-order valence-corrected chi connectivity index (χ2v) is 5.11. The van der Waals surface area contributed by atoms with E-state index in [0.717, 1.165) is 0 Å². The van der Waals surface area contributed by atoms with Crippen molar-refractivity contribution in [3.63, 3.8) is 0 Å². The third kappa shape index (κ3) is 5.04. The van der Waals surface area contributed by atoms with Gasteiger partial charge in [-0.1, -0.05) is 10.5 Å². The van der Waals surface area contributed by atoms with Gasteiger partial charge in [0, 0.05) is 6.42 Å². The van der Waals surface area contributed by atoms with Crippen LogP contribution in [0.15, 0.2) is 17.1 Å². The molecule has 1 unspecified atom stereocenters. The first-order chi connectivity index (χ1) is 4.98. The number of hydrogen-bond donors (Lipinski definition) is 0. The molecule has 64 valence electrons. The van der Waals surface area contributed by atoms with Crippen molar-refractivity contribution in [2.75, 3.05) is 0 Å². The predicted octanol–water partition coefficient (Wildman–Crippen LogP) is 2.10. The van der Waals surface area contributed by atoms with Gasteiger partial charge in [0.25, 0.3) is 0 Å². The average molecular weight is 173 g/mol. The lowest BCUT2D eigenvalue weighted by Gasteiger charge is -2.17. The molecule has 0 N–H and O–H groups in total. The smallest absolute Gasteiger partial charge is 0.144 e. The Bertz CT molecular complexity index is 149. The summed E-state index contributed by atoms with van der Waals surface area (Å²) in [6.45, 7) is 9.22. The van der Waals surface area contributed by atoms with E-state index < -0.39 is 11.4 Å². The van der Waals surface area contributed by atoms with Gasteiger partial charge < -0.3 is 4.55 Å². The van der Waals surface area contributed by atoms with Crippen LogP contribution in [-0.2, 0) is 11.4 Å². The first-order valence-electron chi connectivity index (χ1n) is 3.54. The minimum Gasteiger partial charge on any atom is -0.591 e. The largest absolute Gasteiger partial charge is 0.591 e. The molecular formula is C8H15NOS. The summed E-state index contributed by atoms with van der Waals surface area (Å²) in [4.78, 5) is 0. The molecule has 0 aliphatic rings. The quantitative estimate of drug-likeness (QED) is 0.365. The van der Waals surface area contributed by atoms with Crippen LogP contribution in [0.4, 0.5) is 0 Å². The minimum atomic E-state index is -1.12. The summed E-state index contributed by atoms with van der Waals surface area (Å²) >= 11 is -1.12. The lowest BCUT2D eigenvalue weighted by atomic mass is 10.3. The van der Waals surface area contributed by atoms with E-state index in [4.69, 9.17) is 0 Å². The van der Waals surface area contributed by atoms with E-state index in [1.807, 2.05) is 20.8 Å². The van der Waals surface area contributed by atoms with E-state index in [9.17, 15) is 4.55 Å². The summed E-state index contributed by atoms with van der Waals surface area (Å²) in [7, 11) is 0. The van der Waals surface area contributed by atoms with Crippen LogP contribution in [-0.4, -0.2) is 15.5 Å². The van der Waals surface area contributed by atoms with Crippen LogP contribution in [0.1, 0.15) is 27.2 Å². The Morgan fingerprint density at radius 1 is 1.55 bits per heavy atom. The molecule has 0 fully saturated rings. The zero-order valence-corrected chi connectivity index (χ0v) is 8.15. The van der Waals surface area contributed by atoms with E-state index >= 15 is 0 Å². The van der Waals surface area contributed by atoms with Gasteiger partial charge in [-0.05, 0) is 20.8 Å². The van der Waals surface area contributed by atoms with Crippen molar-refractivity contribution in [1.82, 2.24) is 0 Å². The van der Waals surface area contributed by atoms with E-state index in [1.54, 1.807) is 12.3 Å². The molecule has 0 radical (unpaired) electrons. The molecule has 0 aromatic carbocycles. The molecule has 0 saturated carbocycles. The highest BCUT2D eigenvalue weighted by Gasteiger charge is 2.25. The van der Waals surface area contributed by atoms with Crippen molar-refractivity contribution >= 4 is 17.6 Å². The minimum absolute atomic E-state index is 0.252. The van der Waals surface area contributed by atoms with Gasteiger partial charge in [0.1, 0.15) is 16.1 Å². The van der Waals surface area contributed by atoms with Gasteiger partial charge in [-0.15, -0.1) is 6.58 Å². The average Bonchev–Trinajstić information content (AvgIpc) is 1.86. The fourth-order valence-corrected chi connectivity index (χ4v) is 0.881. The number of nitrogens with zero attached hydrogens (tertiary/aromatic N) is 1. The van der Waals surface area contributed by atoms with Crippen molar-refractivity contribution < 1.29 is 4.55 Å². The molecule has 0 amide bonds. The molecule has 1 atom stereocenters. The maximum absolute atomic E-state index is 11.2. The predicted molar refractivity (Wildman–Crippen MR) is 51.2 cm³/mol. The summed E-state index contributed by atoms with van der Waals surface area (Å²) in [5.41, 5.74) is 0. The zero-order chi connectivity index (χ0) is 8.91. The highest BCUT2D eigenvalue weighted by molar-refractivity contribution is 7.91. The van der Waals surface area contributed by atoms with Crippen LogP contribution in [0, 0.1) is 0 Å². The Morgan fingerprint density at radius 2 is 2.09 bits per heavy atom. The van der Waals surface area contributed by atoms with Crippen molar-refractivity contribution in [2.24, 2.45) is 4.40 Å². The molecule has 0 aromatic heterocycles. The third-order valence-corrected chi connectivity index (χ3v) is 2.35. The first-order valence-corrected chi connectivity index (χ1v) is 4.64. The highest BCUT2D eigenvalue weighted by Crippen LogP contribution is 2.16. The summed E-state index contributed by atoms with van der Waals surface area (Å²) in [5, 5.41) is 0. The van der Waals surface area contributed by atoms with Gasteiger partial charge in [0.2, 0.25) is 0 Å². The van der Waals surface area contributed by atoms with Gasteiger partial charge in [0.15, 0.2) is 0 Å². The number of rotatable bonds is 3. The van der Waals surface area contributed by atoms with Crippen molar-refractivity contribution in [3.8, 4) is 0 Å². The molecule has 3 heteroatoms. The normalized spacial score (nSPS) is 15.3. The molecule has 0 bridgehead atoms. The SMILES string of the molecule is C=CCC=N[S+]([O-])C(C)(C)C. The van der Waals surface area contributed by atoms with Gasteiger partial charge in [-0.2, -0.15) is 0 Å². The fourth-order valence-electron chi connectivity index (χ4n) is 0.343. The Kier molecular flexibility index (Phi) is 4.45. The maximum Gasteiger partial charge on any atom is 0.144 e. The number of allylic oxidation sites excluding steroid dienone is 1. The Hall–Kier alpha value is -0.280. The summed E-state index contributed by atoms with van der Waals surface area (Å²) in [5.74, 6) is 0. The van der Waals surface area contributed by atoms with Gasteiger partial charge in [-0.3, -0.25) is 0 Å². The van der Waals surface area contributed by atoms with E-state index in [1.165, 1.54) is 0 Å². The fraction of sp³-hybridized carbons (Fsp3) is 0.625. The monoisotopic (exact) mass is 173 g/mol. The van der Waals surface area contributed by atoms with Crippen LogP contribution >= 0.6 is 0 Å². The Morgan fingerprint density at radius 3 is 2.45 bits per heavy atom.